The summed E-state index contributed by atoms with van der Waals surface area (Å²) in [6.45, 7) is 5.54. The van der Waals surface area contributed by atoms with E-state index in [1.165, 1.54) is 6.21 Å². The van der Waals surface area contributed by atoms with E-state index in [2.05, 4.69) is 4.99 Å². The van der Waals surface area contributed by atoms with E-state index < -0.39 is 18.0 Å². The monoisotopic (exact) mass is 409 g/mol. The first-order valence-electron chi connectivity index (χ1n) is 9.96. The fourth-order valence-corrected chi connectivity index (χ4v) is 2.77. The summed E-state index contributed by atoms with van der Waals surface area (Å²) in [7, 11) is 0. The molecule has 0 spiro atoms. The highest BCUT2D eigenvalue weighted by atomic mass is 16.5. The number of hydrogen-bond donors (Lipinski definition) is 1. The Hall–Kier alpha value is -3.41. The average Bonchev–Trinajstić information content (AvgIpc) is 2.75. The summed E-state index contributed by atoms with van der Waals surface area (Å²) in [5.74, 6) is -1.14. The molecule has 0 saturated heterocycles. The van der Waals surface area contributed by atoms with Crippen LogP contribution in [-0.4, -0.2) is 29.9 Å². The van der Waals surface area contributed by atoms with E-state index in [-0.39, 0.29) is 17.9 Å². The third kappa shape index (κ3) is 6.30. The molecule has 6 heteroatoms. The molecule has 2 rings (SSSR count). The molecule has 1 unspecified atom stereocenters. The van der Waals surface area contributed by atoms with Crippen LogP contribution in [0.3, 0.4) is 0 Å². The van der Waals surface area contributed by atoms with E-state index in [9.17, 15) is 14.7 Å². The van der Waals surface area contributed by atoms with Crippen LogP contribution in [0.25, 0.3) is 0 Å². The number of aliphatic hydroxyl groups is 1. The van der Waals surface area contributed by atoms with Gasteiger partial charge < -0.3 is 14.6 Å². The van der Waals surface area contributed by atoms with Gasteiger partial charge in [0, 0.05) is 18.2 Å². The summed E-state index contributed by atoms with van der Waals surface area (Å²) in [6, 6.07) is 15.9. The lowest BCUT2D eigenvalue weighted by Gasteiger charge is -2.15. The number of nitrogens with zero attached hydrogens (tertiary/aromatic N) is 1. The maximum absolute atomic E-state index is 12.4. The number of aliphatic imine (C=N–C) groups is 1. The summed E-state index contributed by atoms with van der Waals surface area (Å²) >= 11 is 0. The number of aliphatic hydroxyl groups excluding tert-OH is 1. The normalized spacial score (nSPS) is 12.9. The van der Waals surface area contributed by atoms with Crippen LogP contribution in [0, 0.1) is 0 Å². The van der Waals surface area contributed by atoms with Crippen molar-refractivity contribution >= 4 is 23.8 Å². The summed E-state index contributed by atoms with van der Waals surface area (Å²) in [5, 5.41) is 10.2. The summed E-state index contributed by atoms with van der Waals surface area (Å²) in [4.78, 5) is 28.9. The Balaban J connectivity index is 2.27. The number of carbonyl (C=O) groups excluding carboxylic acids is 2. The third-order valence-corrected chi connectivity index (χ3v) is 4.29. The number of para-hydroxylation sites is 1. The van der Waals surface area contributed by atoms with Crippen molar-refractivity contribution in [1.82, 2.24) is 0 Å². The van der Waals surface area contributed by atoms with Crippen LogP contribution in [0.5, 0.6) is 0 Å². The van der Waals surface area contributed by atoms with Crippen LogP contribution in [0.15, 0.2) is 70.9 Å². The molecule has 2 aromatic carbocycles. The van der Waals surface area contributed by atoms with Crippen LogP contribution in [-0.2, 0) is 14.3 Å². The fraction of sp³-hybridized carbons (Fsp3) is 0.292. The van der Waals surface area contributed by atoms with Crippen molar-refractivity contribution in [2.24, 2.45) is 4.99 Å². The van der Waals surface area contributed by atoms with Crippen molar-refractivity contribution in [2.45, 2.75) is 39.7 Å². The standard InChI is InChI=1S/C24H27NO5/c1-4-11-22(26)20(24(28)29-5-2)16-25-21-15-10-9-14-19(21)17(3)30-23(27)18-12-7-6-8-13-18/h6-10,12-17,26H,4-5,11H2,1-3H3/b22-20+,25-16?. The lowest BCUT2D eigenvalue weighted by Crippen LogP contribution is -2.12. The smallest absolute Gasteiger partial charge is 0.343 e. The van der Waals surface area contributed by atoms with Crippen molar-refractivity contribution in [3.63, 3.8) is 0 Å². The van der Waals surface area contributed by atoms with E-state index >= 15 is 0 Å². The Morgan fingerprint density at radius 3 is 2.40 bits per heavy atom. The minimum atomic E-state index is -0.631. The van der Waals surface area contributed by atoms with Gasteiger partial charge in [0.05, 0.1) is 17.9 Å². The molecule has 0 aromatic heterocycles. The molecule has 0 aliphatic rings. The first-order chi connectivity index (χ1) is 14.5. The van der Waals surface area contributed by atoms with Crippen LogP contribution < -0.4 is 0 Å². The molecular formula is C24H27NO5. The predicted octanol–water partition coefficient (Wildman–Crippen LogP) is 5.48. The highest BCUT2D eigenvalue weighted by molar-refractivity contribution is 6.10. The summed E-state index contributed by atoms with van der Waals surface area (Å²) in [6.07, 6.45) is 1.75. The maximum atomic E-state index is 12.4. The minimum absolute atomic E-state index is 0.0161. The van der Waals surface area contributed by atoms with E-state index in [1.807, 2.05) is 19.1 Å². The first kappa shape index (κ1) is 22.9. The topological polar surface area (TPSA) is 85.2 Å². The molecule has 2 aromatic rings. The van der Waals surface area contributed by atoms with Gasteiger partial charge in [-0.3, -0.25) is 4.99 Å². The van der Waals surface area contributed by atoms with Crippen molar-refractivity contribution in [2.75, 3.05) is 6.61 Å². The van der Waals surface area contributed by atoms with Crippen LogP contribution in [0.4, 0.5) is 5.69 Å². The Kier molecular flexibility index (Phi) is 8.81. The van der Waals surface area contributed by atoms with Gasteiger partial charge in [0.2, 0.25) is 0 Å². The molecule has 1 N–H and O–H groups in total. The summed E-state index contributed by atoms with van der Waals surface area (Å²) in [5.41, 5.74) is 1.68. The quantitative estimate of drug-likeness (QED) is 0.256. The molecule has 0 heterocycles. The lowest BCUT2D eigenvalue weighted by atomic mass is 10.1. The number of ether oxygens (including phenoxy) is 2. The fourth-order valence-electron chi connectivity index (χ4n) is 2.77. The molecule has 0 fully saturated rings. The second kappa shape index (κ2) is 11.6. The van der Waals surface area contributed by atoms with Crippen molar-refractivity contribution in [3.05, 3.63) is 77.1 Å². The second-order valence-electron chi connectivity index (χ2n) is 6.56. The van der Waals surface area contributed by atoms with Crippen LogP contribution >= 0.6 is 0 Å². The van der Waals surface area contributed by atoms with Gasteiger partial charge in [-0.2, -0.15) is 0 Å². The van der Waals surface area contributed by atoms with Gasteiger partial charge in [-0.15, -0.1) is 0 Å². The number of carbonyl (C=O) groups is 2. The lowest BCUT2D eigenvalue weighted by molar-refractivity contribution is -0.138. The van der Waals surface area contributed by atoms with Gasteiger partial charge in [-0.1, -0.05) is 43.3 Å². The number of benzene rings is 2. The molecule has 6 nitrogen and oxygen atoms in total. The highest BCUT2D eigenvalue weighted by Gasteiger charge is 2.18. The summed E-state index contributed by atoms with van der Waals surface area (Å²) < 4.78 is 10.6. The molecule has 30 heavy (non-hydrogen) atoms. The Morgan fingerprint density at radius 2 is 1.73 bits per heavy atom. The van der Waals surface area contributed by atoms with Gasteiger partial charge in [0.1, 0.15) is 17.4 Å². The Labute approximate surface area is 176 Å². The zero-order chi connectivity index (χ0) is 21.9. The Bertz CT molecular complexity index is 918. The predicted molar refractivity (Wildman–Crippen MR) is 116 cm³/mol. The molecule has 0 aliphatic carbocycles. The van der Waals surface area contributed by atoms with Gasteiger partial charge in [-0.25, -0.2) is 9.59 Å². The van der Waals surface area contributed by atoms with Gasteiger partial charge >= 0.3 is 11.9 Å². The SMILES string of the molecule is CCC/C(O)=C(/C=Nc1ccccc1C(C)OC(=O)c1ccccc1)C(=O)OCC. The third-order valence-electron chi connectivity index (χ3n) is 4.29. The van der Waals surface area contributed by atoms with Crippen molar-refractivity contribution in [3.8, 4) is 0 Å². The van der Waals surface area contributed by atoms with E-state index in [0.29, 0.717) is 29.7 Å². The molecule has 0 saturated carbocycles. The number of allylic oxidation sites excluding steroid dienone is 1. The van der Waals surface area contributed by atoms with Gasteiger partial charge in [-0.05, 0) is 38.5 Å². The van der Waals surface area contributed by atoms with Crippen LogP contribution in [0.1, 0.15) is 55.6 Å². The molecule has 0 bridgehead atoms. The minimum Gasteiger partial charge on any atom is -0.511 e. The average molecular weight is 409 g/mol. The number of rotatable bonds is 9. The molecule has 158 valence electrons. The molecule has 0 amide bonds. The second-order valence-corrected chi connectivity index (χ2v) is 6.56. The van der Waals surface area contributed by atoms with Crippen molar-refractivity contribution < 1.29 is 24.2 Å². The molecule has 0 aliphatic heterocycles. The van der Waals surface area contributed by atoms with Crippen molar-refractivity contribution in [1.29, 1.82) is 0 Å². The zero-order valence-electron chi connectivity index (χ0n) is 17.5. The Morgan fingerprint density at radius 1 is 1.07 bits per heavy atom. The van der Waals surface area contributed by atoms with Gasteiger partial charge in [0.15, 0.2) is 0 Å². The number of esters is 2. The molecule has 0 radical (unpaired) electrons. The van der Waals surface area contributed by atoms with E-state index in [4.69, 9.17) is 9.47 Å². The van der Waals surface area contributed by atoms with E-state index in [1.54, 1.807) is 56.3 Å². The molecular weight excluding hydrogens is 382 g/mol. The number of hydrogen-bond acceptors (Lipinski definition) is 6. The first-order valence-corrected chi connectivity index (χ1v) is 9.96. The largest absolute Gasteiger partial charge is 0.511 e. The highest BCUT2D eigenvalue weighted by Crippen LogP contribution is 2.28. The molecule has 1 atom stereocenters. The van der Waals surface area contributed by atoms with Gasteiger partial charge in [0.25, 0.3) is 0 Å². The van der Waals surface area contributed by atoms with Crippen LogP contribution in [0.2, 0.25) is 0 Å². The maximum Gasteiger partial charge on any atom is 0.343 e. The zero-order valence-corrected chi connectivity index (χ0v) is 17.5. The van der Waals surface area contributed by atoms with E-state index in [0.717, 1.165) is 0 Å².